The molecule has 0 spiro atoms. The first-order valence-electron chi connectivity index (χ1n) is 4.84. The Kier molecular flexibility index (Phi) is 3.23. The van der Waals surface area contributed by atoms with Crippen molar-refractivity contribution in [2.24, 2.45) is 0 Å². The van der Waals surface area contributed by atoms with Gasteiger partial charge in [-0.1, -0.05) is 30.3 Å². The van der Waals surface area contributed by atoms with Crippen LogP contribution in [0.3, 0.4) is 0 Å². The summed E-state index contributed by atoms with van der Waals surface area (Å²) in [7, 11) is 0. The van der Waals surface area contributed by atoms with Gasteiger partial charge in [0.1, 0.15) is 6.61 Å². The van der Waals surface area contributed by atoms with Crippen LogP contribution in [-0.4, -0.2) is 22.9 Å². The van der Waals surface area contributed by atoms with E-state index in [0.29, 0.717) is 17.9 Å². The highest BCUT2D eigenvalue weighted by molar-refractivity contribution is 5.54. The molecule has 16 heavy (non-hydrogen) atoms. The fraction of sp³-hybridized carbons (Fsp3) is 0.0833. The van der Waals surface area contributed by atoms with Gasteiger partial charge in [0.25, 0.3) is 0 Å². The molecule has 0 atom stereocenters. The maximum Gasteiger partial charge on any atom is 0.159 e. The number of carbonyl (C=O) groups excluding carboxylic acids is 1. The first kappa shape index (κ1) is 10.3. The summed E-state index contributed by atoms with van der Waals surface area (Å²) in [5, 5.41) is 0. The highest BCUT2D eigenvalue weighted by Gasteiger charge is 2.00. The summed E-state index contributed by atoms with van der Waals surface area (Å²) >= 11 is 0. The Morgan fingerprint density at radius 1 is 1.12 bits per heavy atom. The van der Waals surface area contributed by atoms with E-state index in [9.17, 15) is 4.79 Å². The summed E-state index contributed by atoms with van der Waals surface area (Å²) in [4.78, 5) is 18.4. The zero-order chi connectivity index (χ0) is 11.2. The lowest BCUT2D eigenvalue weighted by molar-refractivity contribution is -0.109. The molecule has 0 saturated carbocycles. The first-order chi connectivity index (χ1) is 7.90. The lowest BCUT2D eigenvalue weighted by Crippen LogP contribution is -1.99. The van der Waals surface area contributed by atoms with Crippen molar-refractivity contribution in [3.63, 3.8) is 0 Å². The Bertz CT molecular complexity index is 454. The average molecular weight is 214 g/mol. The summed E-state index contributed by atoms with van der Waals surface area (Å²) in [5.74, 6) is 1.13. The molecule has 0 bridgehead atoms. The minimum atomic E-state index is 0.0219. The van der Waals surface area contributed by atoms with Crippen LogP contribution in [-0.2, 0) is 4.79 Å². The predicted molar refractivity (Wildman–Crippen MR) is 59.0 cm³/mol. The molecule has 2 rings (SSSR count). The molecule has 0 aliphatic carbocycles. The molecule has 0 unspecified atom stereocenters. The molecular weight excluding hydrogens is 204 g/mol. The molecular formula is C12H10N2O2. The van der Waals surface area contributed by atoms with E-state index in [0.717, 1.165) is 5.56 Å². The zero-order valence-corrected chi connectivity index (χ0v) is 8.54. The average Bonchev–Trinajstić information content (AvgIpc) is 2.38. The number of aldehydes is 1. The Morgan fingerprint density at radius 3 is 2.44 bits per heavy atom. The molecule has 80 valence electrons. The monoisotopic (exact) mass is 214 g/mol. The second kappa shape index (κ2) is 5.02. The van der Waals surface area contributed by atoms with Gasteiger partial charge < -0.3 is 4.74 Å². The summed E-state index contributed by atoms with van der Waals surface area (Å²) in [6, 6.07) is 9.65. The van der Waals surface area contributed by atoms with E-state index in [1.807, 2.05) is 30.3 Å². The smallest absolute Gasteiger partial charge is 0.159 e. The molecule has 4 heteroatoms. The highest BCUT2D eigenvalue weighted by Crippen LogP contribution is 2.15. The number of rotatable bonds is 4. The molecule has 1 aromatic heterocycles. The number of hydrogen-bond donors (Lipinski definition) is 0. The number of ether oxygens (including phenoxy) is 1. The Labute approximate surface area is 92.9 Å². The van der Waals surface area contributed by atoms with Gasteiger partial charge in [-0.05, 0) is 0 Å². The molecule has 2 aromatic rings. The molecule has 1 heterocycles. The van der Waals surface area contributed by atoms with E-state index in [1.54, 1.807) is 12.4 Å². The van der Waals surface area contributed by atoms with Gasteiger partial charge in [-0.3, -0.25) is 4.79 Å². The van der Waals surface area contributed by atoms with E-state index in [1.165, 1.54) is 0 Å². The van der Waals surface area contributed by atoms with Crippen LogP contribution in [0.15, 0.2) is 42.7 Å². The van der Waals surface area contributed by atoms with Crippen molar-refractivity contribution >= 4 is 6.29 Å². The van der Waals surface area contributed by atoms with Crippen LogP contribution in [0.25, 0.3) is 11.4 Å². The van der Waals surface area contributed by atoms with Crippen molar-refractivity contribution in [1.82, 2.24) is 9.97 Å². The van der Waals surface area contributed by atoms with Crippen LogP contribution in [0.2, 0.25) is 0 Å². The number of carbonyl (C=O) groups is 1. The van der Waals surface area contributed by atoms with E-state index in [4.69, 9.17) is 4.74 Å². The fourth-order valence-corrected chi connectivity index (χ4v) is 1.26. The molecule has 0 radical (unpaired) electrons. The van der Waals surface area contributed by atoms with E-state index < -0.39 is 0 Å². The summed E-state index contributed by atoms with van der Waals surface area (Å²) in [6.07, 6.45) is 3.79. The third-order valence-corrected chi connectivity index (χ3v) is 1.98. The van der Waals surface area contributed by atoms with Crippen molar-refractivity contribution in [1.29, 1.82) is 0 Å². The molecule has 0 aliphatic heterocycles. The second-order valence-corrected chi connectivity index (χ2v) is 3.09. The standard InChI is InChI=1S/C12H10N2O2/c15-6-7-16-11-8-13-12(14-9-11)10-4-2-1-3-5-10/h1-6,8-9H,7H2. The maximum atomic E-state index is 10.1. The van der Waals surface area contributed by atoms with Crippen LogP contribution >= 0.6 is 0 Å². The minimum Gasteiger partial charge on any atom is -0.483 e. The number of benzene rings is 1. The van der Waals surface area contributed by atoms with Crippen molar-refractivity contribution in [2.45, 2.75) is 0 Å². The van der Waals surface area contributed by atoms with E-state index in [-0.39, 0.29) is 6.61 Å². The Morgan fingerprint density at radius 2 is 1.81 bits per heavy atom. The van der Waals surface area contributed by atoms with E-state index >= 15 is 0 Å². The second-order valence-electron chi connectivity index (χ2n) is 3.09. The molecule has 0 amide bonds. The lowest BCUT2D eigenvalue weighted by Gasteiger charge is -2.02. The van der Waals surface area contributed by atoms with Gasteiger partial charge in [-0.15, -0.1) is 0 Å². The highest BCUT2D eigenvalue weighted by atomic mass is 16.5. The molecule has 0 aliphatic rings. The normalized spacial score (nSPS) is 9.75. The summed E-state index contributed by atoms with van der Waals surface area (Å²) < 4.78 is 5.05. The largest absolute Gasteiger partial charge is 0.483 e. The van der Waals surface area contributed by atoms with E-state index in [2.05, 4.69) is 9.97 Å². The van der Waals surface area contributed by atoms with Crippen LogP contribution in [0, 0.1) is 0 Å². The maximum absolute atomic E-state index is 10.1. The van der Waals surface area contributed by atoms with Crippen LogP contribution < -0.4 is 4.74 Å². The first-order valence-corrected chi connectivity index (χ1v) is 4.84. The fourth-order valence-electron chi connectivity index (χ4n) is 1.26. The van der Waals surface area contributed by atoms with Gasteiger partial charge >= 0.3 is 0 Å². The molecule has 0 N–H and O–H groups in total. The van der Waals surface area contributed by atoms with Gasteiger partial charge in [0.2, 0.25) is 0 Å². The molecule has 1 aromatic carbocycles. The topological polar surface area (TPSA) is 52.1 Å². The van der Waals surface area contributed by atoms with Gasteiger partial charge in [0.05, 0.1) is 12.4 Å². The third-order valence-electron chi connectivity index (χ3n) is 1.98. The van der Waals surface area contributed by atoms with Crippen LogP contribution in [0.1, 0.15) is 0 Å². The van der Waals surface area contributed by atoms with Gasteiger partial charge in [-0.25, -0.2) is 9.97 Å². The van der Waals surface area contributed by atoms with Gasteiger partial charge in [0, 0.05) is 5.56 Å². The quantitative estimate of drug-likeness (QED) is 0.727. The Balaban J connectivity index is 2.16. The molecule has 0 fully saturated rings. The van der Waals surface area contributed by atoms with Crippen molar-refractivity contribution in [3.8, 4) is 17.1 Å². The summed E-state index contributed by atoms with van der Waals surface area (Å²) in [6.45, 7) is 0.0219. The van der Waals surface area contributed by atoms with Crippen LogP contribution in [0.4, 0.5) is 0 Å². The Hall–Kier alpha value is -2.23. The zero-order valence-electron chi connectivity index (χ0n) is 8.54. The number of aromatic nitrogens is 2. The van der Waals surface area contributed by atoms with Crippen molar-refractivity contribution in [3.05, 3.63) is 42.7 Å². The number of hydrogen-bond acceptors (Lipinski definition) is 4. The van der Waals surface area contributed by atoms with Crippen molar-refractivity contribution < 1.29 is 9.53 Å². The lowest BCUT2D eigenvalue weighted by atomic mass is 10.2. The third kappa shape index (κ3) is 2.42. The number of nitrogens with zero attached hydrogens (tertiary/aromatic N) is 2. The van der Waals surface area contributed by atoms with Crippen molar-refractivity contribution in [2.75, 3.05) is 6.61 Å². The van der Waals surface area contributed by atoms with Crippen LogP contribution in [0.5, 0.6) is 5.75 Å². The van der Waals surface area contributed by atoms with Gasteiger partial charge in [-0.2, -0.15) is 0 Å². The predicted octanol–water partition coefficient (Wildman–Crippen LogP) is 1.72. The summed E-state index contributed by atoms with van der Waals surface area (Å²) in [5.41, 5.74) is 0.949. The minimum absolute atomic E-state index is 0.0219. The SMILES string of the molecule is O=CCOc1cnc(-c2ccccc2)nc1. The molecule has 4 nitrogen and oxygen atoms in total. The van der Waals surface area contributed by atoms with Gasteiger partial charge in [0.15, 0.2) is 17.9 Å². The molecule has 0 saturated heterocycles.